The molecule has 0 N–H and O–H groups in total. The summed E-state index contributed by atoms with van der Waals surface area (Å²) in [6.07, 6.45) is 5.62. The van der Waals surface area contributed by atoms with Crippen molar-refractivity contribution in [2.24, 2.45) is 0 Å². The second-order valence-corrected chi connectivity index (χ2v) is 7.88. The molecule has 4 aromatic carbocycles. The van der Waals surface area contributed by atoms with Crippen molar-refractivity contribution in [2.45, 2.75) is 12.7 Å². The van der Waals surface area contributed by atoms with Crippen LogP contribution < -0.4 is 9.47 Å². The topological polar surface area (TPSA) is 44.8 Å². The highest BCUT2D eigenvalue weighted by atomic mass is 16.7. The highest BCUT2D eigenvalue weighted by molar-refractivity contribution is 6.03. The first-order chi connectivity index (χ1) is 15.7. The van der Waals surface area contributed by atoms with E-state index >= 15 is 0 Å². The number of fused-ring (bicyclic) bond motifs is 6. The lowest BCUT2D eigenvalue weighted by Crippen LogP contribution is -2.48. The lowest BCUT2D eigenvalue weighted by atomic mass is 9.92. The zero-order valence-electron chi connectivity index (χ0n) is 17.5. The molecule has 0 fully saturated rings. The number of carbonyl (C=O) groups is 1. The normalized spacial score (nSPS) is 18.5. The first-order valence-corrected chi connectivity index (χ1v) is 10.7. The average molecular weight is 420 g/mol. The Bertz CT molecular complexity index is 1460. The summed E-state index contributed by atoms with van der Waals surface area (Å²) < 4.78 is 18.3. The summed E-state index contributed by atoms with van der Waals surface area (Å²) in [5.41, 5.74) is 2.13. The summed E-state index contributed by atoms with van der Waals surface area (Å²) in [5, 5.41) is 4.29. The summed E-state index contributed by atoms with van der Waals surface area (Å²) in [6.45, 7) is 2.05. The predicted molar refractivity (Wildman–Crippen MR) is 126 cm³/mol. The molecule has 32 heavy (non-hydrogen) atoms. The number of carbonyl (C=O) groups excluding carboxylic acids is 1. The Morgan fingerprint density at radius 1 is 0.812 bits per heavy atom. The van der Waals surface area contributed by atoms with Crippen LogP contribution in [0.1, 0.15) is 18.1 Å². The molecule has 2 aliphatic rings. The number of rotatable bonds is 2. The van der Waals surface area contributed by atoms with Crippen LogP contribution in [0.15, 0.2) is 84.4 Å². The molecule has 2 heterocycles. The van der Waals surface area contributed by atoms with Crippen molar-refractivity contribution in [1.82, 2.24) is 0 Å². The molecule has 0 unspecified atom stereocenters. The minimum Gasteiger partial charge on any atom is -0.462 e. The molecule has 4 aromatic rings. The van der Waals surface area contributed by atoms with E-state index in [1.807, 2.05) is 78.9 Å². The number of benzene rings is 4. The van der Waals surface area contributed by atoms with Crippen LogP contribution in [-0.4, -0.2) is 18.4 Å². The van der Waals surface area contributed by atoms with Gasteiger partial charge in [0.2, 0.25) is 0 Å². The molecule has 0 radical (unpaired) electrons. The molecule has 0 aromatic heterocycles. The second-order valence-electron chi connectivity index (χ2n) is 7.88. The van der Waals surface area contributed by atoms with Gasteiger partial charge < -0.3 is 14.2 Å². The maximum Gasteiger partial charge on any atom is 0.342 e. The van der Waals surface area contributed by atoms with Gasteiger partial charge in [0.25, 0.3) is 0 Å². The zero-order valence-corrected chi connectivity index (χ0v) is 17.5. The third-order valence-corrected chi connectivity index (χ3v) is 6.01. The molecule has 1 atom stereocenters. The van der Waals surface area contributed by atoms with Crippen LogP contribution in [0.2, 0.25) is 0 Å². The van der Waals surface area contributed by atoms with Crippen LogP contribution in [0.5, 0.6) is 11.5 Å². The summed E-state index contributed by atoms with van der Waals surface area (Å²) >= 11 is 0. The maximum atomic E-state index is 13.1. The molecule has 4 heteroatoms. The van der Waals surface area contributed by atoms with Gasteiger partial charge in [0.05, 0.1) is 6.61 Å². The van der Waals surface area contributed by atoms with Gasteiger partial charge in [-0.25, -0.2) is 4.79 Å². The smallest absolute Gasteiger partial charge is 0.342 e. The Morgan fingerprint density at radius 3 is 2.06 bits per heavy atom. The molecule has 0 saturated carbocycles. The molecule has 6 rings (SSSR count). The Morgan fingerprint density at radius 2 is 1.41 bits per heavy atom. The molecule has 4 nitrogen and oxygen atoms in total. The second kappa shape index (κ2) is 6.99. The lowest BCUT2D eigenvalue weighted by Gasteiger charge is -2.38. The van der Waals surface area contributed by atoms with Crippen LogP contribution in [-0.2, 0) is 9.53 Å². The fourth-order valence-electron chi connectivity index (χ4n) is 4.51. The molecule has 156 valence electrons. The highest BCUT2D eigenvalue weighted by Crippen LogP contribution is 2.45. The standard InChI is InChI=1S/C28H20O4/c1-2-30-27(29)24-17-23-21-10-6-4-8-19(21)12-14-26(23)32-28(24)16-15-22-20-9-5-3-7-18(20)11-13-25(22)31-28/h3-17H,2H2,1H3/t28-/m0/s1. The Hall–Kier alpha value is -4.05. The van der Waals surface area contributed by atoms with Crippen molar-refractivity contribution in [2.75, 3.05) is 6.61 Å². The molecular weight excluding hydrogens is 400 g/mol. The van der Waals surface area contributed by atoms with Crippen molar-refractivity contribution in [3.05, 3.63) is 95.6 Å². The number of hydrogen-bond donors (Lipinski definition) is 0. The maximum absolute atomic E-state index is 13.1. The SMILES string of the molecule is CCOC(=O)C1=Cc2c(ccc3ccccc23)O[C@@]12C=Cc1c(ccc3ccccc13)O2. The number of esters is 1. The molecule has 2 aliphatic heterocycles. The Labute approximate surface area is 185 Å². The van der Waals surface area contributed by atoms with E-state index in [0.717, 1.165) is 32.7 Å². The van der Waals surface area contributed by atoms with Crippen LogP contribution in [0.25, 0.3) is 33.7 Å². The van der Waals surface area contributed by atoms with E-state index in [1.165, 1.54) is 0 Å². The van der Waals surface area contributed by atoms with Crippen LogP contribution >= 0.6 is 0 Å². The minimum absolute atomic E-state index is 0.263. The summed E-state index contributed by atoms with van der Waals surface area (Å²) in [4.78, 5) is 13.1. The van der Waals surface area contributed by atoms with Gasteiger partial charge in [-0.15, -0.1) is 0 Å². The largest absolute Gasteiger partial charge is 0.462 e. The number of hydrogen-bond acceptors (Lipinski definition) is 4. The van der Waals surface area contributed by atoms with Crippen LogP contribution in [0, 0.1) is 0 Å². The Balaban J connectivity index is 1.54. The van der Waals surface area contributed by atoms with Crippen molar-refractivity contribution >= 4 is 39.7 Å². The van der Waals surface area contributed by atoms with Crippen molar-refractivity contribution in [3.63, 3.8) is 0 Å². The van der Waals surface area contributed by atoms with Gasteiger partial charge in [0.1, 0.15) is 17.1 Å². The lowest BCUT2D eigenvalue weighted by molar-refractivity contribution is -0.144. The van der Waals surface area contributed by atoms with Gasteiger partial charge in [-0.3, -0.25) is 0 Å². The van der Waals surface area contributed by atoms with Crippen LogP contribution in [0.4, 0.5) is 0 Å². The van der Waals surface area contributed by atoms with Gasteiger partial charge in [0, 0.05) is 17.2 Å². The van der Waals surface area contributed by atoms with E-state index in [2.05, 4.69) is 12.1 Å². The minimum atomic E-state index is -1.39. The van der Waals surface area contributed by atoms with Crippen molar-refractivity contribution in [3.8, 4) is 11.5 Å². The average Bonchev–Trinajstić information content (AvgIpc) is 2.83. The fraction of sp³-hybridized carbons (Fsp3) is 0.107. The fourth-order valence-corrected chi connectivity index (χ4v) is 4.51. The molecule has 0 aliphatic carbocycles. The third kappa shape index (κ3) is 2.73. The van der Waals surface area contributed by atoms with Gasteiger partial charge in [0.15, 0.2) is 0 Å². The van der Waals surface area contributed by atoms with Crippen molar-refractivity contribution in [1.29, 1.82) is 0 Å². The number of ether oxygens (including phenoxy) is 3. The Kier molecular flexibility index (Phi) is 4.08. The zero-order chi connectivity index (χ0) is 21.7. The molecule has 0 amide bonds. The van der Waals surface area contributed by atoms with Crippen LogP contribution in [0.3, 0.4) is 0 Å². The first kappa shape index (κ1) is 18.7. The summed E-state index contributed by atoms with van der Waals surface area (Å²) in [7, 11) is 0. The van der Waals surface area contributed by atoms with E-state index in [0.29, 0.717) is 17.1 Å². The van der Waals surface area contributed by atoms with Gasteiger partial charge in [-0.2, -0.15) is 0 Å². The summed E-state index contributed by atoms with van der Waals surface area (Å²) in [6, 6.07) is 24.0. The molecule has 0 bridgehead atoms. The monoisotopic (exact) mass is 420 g/mol. The molecule has 0 saturated heterocycles. The summed E-state index contributed by atoms with van der Waals surface area (Å²) in [5.74, 6) is -0.534. The van der Waals surface area contributed by atoms with E-state index in [-0.39, 0.29) is 6.61 Å². The van der Waals surface area contributed by atoms with E-state index < -0.39 is 11.8 Å². The quantitative estimate of drug-likeness (QED) is 0.366. The van der Waals surface area contributed by atoms with E-state index in [9.17, 15) is 4.79 Å². The predicted octanol–water partition coefficient (Wildman–Crippen LogP) is 6.13. The van der Waals surface area contributed by atoms with E-state index in [1.54, 1.807) is 6.92 Å². The highest BCUT2D eigenvalue weighted by Gasteiger charge is 2.47. The van der Waals surface area contributed by atoms with E-state index in [4.69, 9.17) is 14.2 Å². The van der Waals surface area contributed by atoms with Gasteiger partial charge >= 0.3 is 11.8 Å². The van der Waals surface area contributed by atoms with Gasteiger partial charge in [-0.1, -0.05) is 60.7 Å². The van der Waals surface area contributed by atoms with Gasteiger partial charge in [-0.05, 0) is 52.8 Å². The molecular formula is C28H20O4. The third-order valence-electron chi connectivity index (χ3n) is 6.01. The first-order valence-electron chi connectivity index (χ1n) is 10.7. The van der Waals surface area contributed by atoms with Crippen molar-refractivity contribution < 1.29 is 19.0 Å². The molecule has 1 spiro atoms.